The molecule has 0 saturated carbocycles. The summed E-state index contributed by atoms with van der Waals surface area (Å²) in [5.41, 5.74) is 0.881. The van der Waals surface area contributed by atoms with Gasteiger partial charge in [0.1, 0.15) is 12.3 Å². The molecule has 1 saturated heterocycles. The lowest BCUT2D eigenvalue weighted by molar-refractivity contribution is -0.135. The van der Waals surface area contributed by atoms with E-state index < -0.39 is 5.41 Å². The number of rotatable bonds is 8. The molecule has 0 N–H and O–H groups in total. The quantitative estimate of drug-likeness (QED) is 0.541. The number of hydrogen-bond acceptors (Lipinski definition) is 4. The largest absolute Gasteiger partial charge is 0.497 e. The molecule has 1 aliphatic rings. The predicted molar refractivity (Wildman–Crippen MR) is 124 cm³/mol. The fraction of sp³-hybridized carbons (Fsp3) is 0.640. The number of carbonyl (C=O) groups is 2. The van der Waals surface area contributed by atoms with E-state index in [0.29, 0.717) is 29.2 Å². The van der Waals surface area contributed by atoms with E-state index >= 15 is 0 Å². The van der Waals surface area contributed by atoms with Gasteiger partial charge in [0.15, 0.2) is 5.82 Å². The van der Waals surface area contributed by atoms with Crippen molar-refractivity contribution in [3.8, 4) is 5.75 Å². The molecular weight excluding hydrogens is 390 g/mol. The van der Waals surface area contributed by atoms with Crippen LogP contribution in [0.3, 0.4) is 0 Å². The van der Waals surface area contributed by atoms with Gasteiger partial charge in [-0.15, -0.1) is 0 Å². The minimum absolute atomic E-state index is 0.0629. The molecule has 6 heteroatoms. The summed E-state index contributed by atoms with van der Waals surface area (Å²) in [4.78, 5) is 33.6. The maximum absolute atomic E-state index is 13.6. The van der Waals surface area contributed by atoms with Crippen molar-refractivity contribution in [1.82, 2.24) is 14.5 Å². The molecule has 1 amide bonds. The molecule has 2 heterocycles. The van der Waals surface area contributed by atoms with Gasteiger partial charge in [-0.05, 0) is 37.8 Å². The number of ether oxygens (including phenoxy) is 1. The Bertz CT molecular complexity index is 927. The number of hydrogen-bond donors (Lipinski definition) is 0. The highest BCUT2D eigenvalue weighted by molar-refractivity contribution is 6.00. The summed E-state index contributed by atoms with van der Waals surface area (Å²) < 4.78 is 7.20. The molecule has 31 heavy (non-hydrogen) atoms. The van der Waals surface area contributed by atoms with Gasteiger partial charge in [-0.1, -0.05) is 47.5 Å². The van der Waals surface area contributed by atoms with Crippen molar-refractivity contribution in [2.75, 3.05) is 7.11 Å². The van der Waals surface area contributed by atoms with Crippen LogP contribution in [0.15, 0.2) is 18.2 Å². The second-order valence-electron chi connectivity index (χ2n) is 9.72. The number of likely N-dealkylation sites (tertiary alicyclic amines) is 1. The number of Topliss-reactive ketones (excluding diaryl/α,β-unsaturated/α-hetero) is 1. The Kier molecular flexibility index (Phi) is 7.07. The fourth-order valence-corrected chi connectivity index (χ4v) is 4.72. The summed E-state index contributed by atoms with van der Waals surface area (Å²) in [6.45, 7) is 10.1. The minimum Gasteiger partial charge on any atom is -0.497 e. The summed E-state index contributed by atoms with van der Waals surface area (Å²) in [6, 6.07) is 6.14. The zero-order valence-electron chi connectivity index (χ0n) is 19.9. The first-order valence-corrected chi connectivity index (χ1v) is 11.6. The standard InChI is InChI=1S/C25H37N3O3/c1-7-9-17-11-12-18(10-8-2)28(17)22(29)16-27-21-15-19(31-6)13-14-20(21)26-24(27)23(30)25(3,4)5/h13-15,17-18H,7-12,16H2,1-6H3/t17-,18-/m1/s1. The molecule has 0 spiro atoms. The molecular formula is C25H37N3O3. The van der Waals surface area contributed by atoms with Crippen LogP contribution in [0.2, 0.25) is 0 Å². The van der Waals surface area contributed by atoms with Crippen molar-refractivity contribution in [2.45, 2.75) is 91.8 Å². The van der Waals surface area contributed by atoms with E-state index in [1.807, 2.05) is 39.0 Å². The number of fused-ring (bicyclic) bond motifs is 1. The third kappa shape index (κ3) is 4.78. The minimum atomic E-state index is -0.588. The second-order valence-corrected chi connectivity index (χ2v) is 9.72. The molecule has 2 atom stereocenters. The zero-order chi connectivity index (χ0) is 22.8. The summed E-state index contributed by atoms with van der Waals surface area (Å²) in [6.07, 6.45) is 6.31. The van der Waals surface area contributed by atoms with Crippen molar-refractivity contribution in [1.29, 1.82) is 0 Å². The van der Waals surface area contributed by atoms with Crippen molar-refractivity contribution >= 4 is 22.7 Å². The first-order chi connectivity index (χ1) is 14.7. The van der Waals surface area contributed by atoms with Gasteiger partial charge in [0.05, 0.1) is 18.1 Å². The molecule has 1 aliphatic heterocycles. The van der Waals surface area contributed by atoms with Gasteiger partial charge in [0, 0.05) is 23.6 Å². The first-order valence-electron chi connectivity index (χ1n) is 11.6. The van der Waals surface area contributed by atoms with Gasteiger partial charge in [0.2, 0.25) is 11.7 Å². The first kappa shape index (κ1) is 23.3. The number of amides is 1. The van der Waals surface area contributed by atoms with E-state index in [0.717, 1.165) is 44.0 Å². The third-order valence-corrected chi connectivity index (χ3v) is 6.28. The van der Waals surface area contributed by atoms with Crippen molar-refractivity contribution in [2.24, 2.45) is 5.41 Å². The van der Waals surface area contributed by atoms with Crippen molar-refractivity contribution < 1.29 is 14.3 Å². The number of aromatic nitrogens is 2. The lowest BCUT2D eigenvalue weighted by atomic mass is 9.90. The van der Waals surface area contributed by atoms with Gasteiger partial charge in [0.25, 0.3) is 0 Å². The number of nitrogens with zero attached hydrogens (tertiary/aromatic N) is 3. The molecule has 0 unspecified atom stereocenters. The van der Waals surface area contributed by atoms with E-state index in [9.17, 15) is 9.59 Å². The van der Waals surface area contributed by atoms with Crippen LogP contribution < -0.4 is 4.74 Å². The number of methoxy groups -OCH3 is 1. The van der Waals surface area contributed by atoms with E-state index in [1.54, 1.807) is 11.7 Å². The number of imidazole rings is 1. The summed E-state index contributed by atoms with van der Waals surface area (Å²) in [5.74, 6) is 1.05. The molecule has 1 aromatic heterocycles. The molecule has 0 aliphatic carbocycles. The van der Waals surface area contributed by atoms with Crippen LogP contribution >= 0.6 is 0 Å². The monoisotopic (exact) mass is 427 g/mol. The molecule has 170 valence electrons. The average Bonchev–Trinajstić information content (AvgIpc) is 3.28. The third-order valence-electron chi connectivity index (χ3n) is 6.28. The smallest absolute Gasteiger partial charge is 0.243 e. The molecule has 0 radical (unpaired) electrons. The summed E-state index contributed by atoms with van der Waals surface area (Å²) in [7, 11) is 1.61. The summed E-state index contributed by atoms with van der Waals surface area (Å²) >= 11 is 0. The van der Waals surface area contributed by atoms with E-state index in [4.69, 9.17) is 4.74 Å². The summed E-state index contributed by atoms with van der Waals surface area (Å²) in [5, 5.41) is 0. The molecule has 0 bridgehead atoms. The van der Waals surface area contributed by atoms with Crippen LogP contribution in [-0.4, -0.2) is 45.3 Å². The highest BCUT2D eigenvalue weighted by Gasteiger charge is 2.37. The van der Waals surface area contributed by atoms with Gasteiger partial charge in [-0.3, -0.25) is 9.59 Å². The van der Waals surface area contributed by atoms with Crippen LogP contribution in [0, 0.1) is 5.41 Å². The van der Waals surface area contributed by atoms with Gasteiger partial charge >= 0.3 is 0 Å². The SMILES string of the molecule is CCC[C@@H]1CC[C@@H](CCC)N1C(=O)Cn1c(C(=O)C(C)(C)C)nc2ccc(OC)cc21. The Hall–Kier alpha value is -2.37. The maximum Gasteiger partial charge on any atom is 0.243 e. The van der Waals surface area contributed by atoms with Gasteiger partial charge in [-0.25, -0.2) is 4.98 Å². The molecule has 1 fully saturated rings. The van der Waals surface area contributed by atoms with Crippen LogP contribution in [-0.2, 0) is 11.3 Å². The van der Waals surface area contributed by atoms with Gasteiger partial charge in [-0.2, -0.15) is 0 Å². The Labute approximate surface area is 186 Å². The highest BCUT2D eigenvalue weighted by Crippen LogP contribution is 2.32. The molecule has 6 nitrogen and oxygen atoms in total. The van der Waals surface area contributed by atoms with Crippen LogP contribution in [0.25, 0.3) is 11.0 Å². The number of ketones is 1. The number of carbonyl (C=O) groups excluding carboxylic acids is 2. The lowest BCUT2D eigenvalue weighted by Gasteiger charge is -2.31. The zero-order valence-corrected chi connectivity index (χ0v) is 19.9. The second kappa shape index (κ2) is 9.41. The van der Waals surface area contributed by atoms with Crippen molar-refractivity contribution in [3.05, 3.63) is 24.0 Å². The van der Waals surface area contributed by atoms with E-state index in [1.165, 1.54) is 0 Å². The topological polar surface area (TPSA) is 64.4 Å². The number of benzene rings is 1. The molecule has 2 aromatic rings. The van der Waals surface area contributed by atoms with Crippen LogP contribution in [0.1, 0.15) is 83.8 Å². The Morgan fingerprint density at radius 3 is 2.23 bits per heavy atom. The Balaban J connectivity index is 2.03. The van der Waals surface area contributed by atoms with Crippen LogP contribution in [0.4, 0.5) is 0 Å². The molecule has 3 rings (SSSR count). The van der Waals surface area contributed by atoms with E-state index in [2.05, 4.69) is 23.7 Å². The van der Waals surface area contributed by atoms with Crippen LogP contribution in [0.5, 0.6) is 5.75 Å². The van der Waals surface area contributed by atoms with Crippen molar-refractivity contribution in [3.63, 3.8) is 0 Å². The normalized spacial score (nSPS) is 19.2. The fourth-order valence-electron chi connectivity index (χ4n) is 4.72. The maximum atomic E-state index is 13.6. The Morgan fingerprint density at radius 1 is 1.10 bits per heavy atom. The highest BCUT2D eigenvalue weighted by atomic mass is 16.5. The van der Waals surface area contributed by atoms with Gasteiger partial charge < -0.3 is 14.2 Å². The lowest BCUT2D eigenvalue weighted by Crippen LogP contribution is -2.43. The Morgan fingerprint density at radius 2 is 1.71 bits per heavy atom. The average molecular weight is 428 g/mol. The molecule has 1 aromatic carbocycles. The van der Waals surface area contributed by atoms with E-state index in [-0.39, 0.29) is 18.2 Å². The predicted octanol–water partition coefficient (Wildman–Crippen LogP) is 5.23.